The van der Waals surface area contributed by atoms with Gasteiger partial charge in [0.15, 0.2) is 5.78 Å². The van der Waals surface area contributed by atoms with Crippen LogP contribution in [0.1, 0.15) is 55.6 Å². The van der Waals surface area contributed by atoms with E-state index in [4.69, 9.17) is 0 Å². The zero-order valence-corrected chi connectivity index (χ0v) is 10.6. The zero-order valence-electron chi connectivity index (χ0n) is 10.6. The van der Waals surface area contributed by atoms with Crippen LogP contribution in [0.25, 0.3) is 5.57 Å². The monoisotopic (exact) mass is 216 g/mol. The molecule has 1 heteroatoms. The minimum absolute atomic E-state index is 0.163. The summed E-state index contributed by atoms with van der Waals surface area (Å²) in [6, 6.07) is 6.12. The van der Waals surface area contributed by atoms with Gasteiger partial charge in [-0.05, 0) is 43.4 Å². The maximum Gasteiger partial charge on any atom is 0.160 e. The highest BCUT2D eigenvalue weighted by atomic mass is 16.1. The molecule has 0 bridgehead atoms. The summed E-state index contributed by atoms with van der Waals surface area (Å²) in [5, 5.41) is 0. The molecule has 0 saturated carbocycles. The Bertz CT molecular complexity index is 413. The van der Waals surface area contributed by atoms with E-state index in [9.17, 15) is 4.79 Å². The fourth-order valence-electron chi connectivity index (χ4n) is 2.06. The van der Waals surface area contributed by atoms with Gasteiger partial charge in [-0.25, -0.2) is 0 Å². The number of hydrogen-bond donors (Lipinski definition) is 0. The normalized spacial score (nSPS) is 11.6. The van der Waals surface area contributed by atoms with Crippen molar-refractivity contribution < 1.29 is 4.79 Å². The van der Waals surface area contributed by atoms with Gasteiger partial charge in [-0.2, -0.15) is 0 Å². The Morgan fingerprint density at radius 2 is 1.94 bits per heavy atom. The first-order chi connectivity index (χ1) is 7.61. The highest BCUT2D eigenvalue weighted by molar-refractivity contribution is 6.00. The molecule has 0 unspecified atom stereocenters. The SMILES string of the molecule is CC/C=C(/C)c1cccc(CC)c1C(C)=O. The Labute approximate surface area is 98.2 Å². The van der Waals surface area contributed by atoms with E-state index in [-0.39, 0.29) is 5.78 Å². The van der Waals surface area contributed by atoms with Crippen LogP contribution < -0.4 is 0 Å². The van der Waals surface area contributed by atoms with Crippen LogP contribution in [0.2, 0.25) is 0 Å². The third-order valence-electron chi connectivity index (χ3n) is 2.82. The van der Waals surface area contributed by atoms with Crippen molar-refractivity contribution in [2.24, 2.45) is 0 Å². The maximum absolute atomic E-state index is 11.7. The predicted molar refractivity (Wildman–Crippen MR) is 69.8 cm³/mol. The smallest absolute Gasteiger partial charge is 0.160 e. The number of aryl methyl sites for hydroxylation is 1. The summed E-state index contributed by atoms with van der Waals surface area (Å²) in [6.45, 7) is 7.92. The van der Waals surface area contributed by atoms with Crippen LogP contribution in [-0.4, -0.2) is 5.78 Å². The summed E-state index contributed by atoms with van der Waals surface area (Å²) < 4.78 is 0. The molecular weight excluding hydrogens is 196 g/mol. The first-order valence-electron chi connectivity index (χ1n) is 5.91. The molecule has 0 N–H and O–H groups in total. The van der Waals surface area contributed by atoms with Crippen molar-refractivity contribution in [3.63, 3.8) is 0 Å². The molecule has 1 nitrogen and oxygen atoms in total. The van der Waals surface area contributed by atoms with Crippen molar-refractivity contribution in [1.29, 1.82) is 0 Å². The van der Waals surface area contributed by atoms with Crippen LogP contribution >= 0.6 is 0 Å². The zero-order chi connectivity index (χ0) is 12.1. The molecule has 16 heavy (non-hydrogen) atoms. The Morgan fingerprint density at radius 3 is 2.44 bits per heavy atom. The van der Waals surface area contributed by atoms with Gasteiger partial charge in [-0.1, -0.05) is 38.1 Å². The third-order valence-corrected chi connectivity index (χ3v) is 2.82. The fourth-order valence-corrected chi connectivity index (χ4v) is 2.06. The lowest BCUT2D eigenvalue weighted by molar-refractivity contribution is 0.101. The van der Waals surface area contributed by atoms with Crippen molar-refractivity contribution in [3.8, 4) is 0 Å². The summed E-state index contributed by atoms with van der Waals surface area (Å²) in [5.74, 6) is 0.163. The quantitative estimate of drug-likeness (QED) is 0.687. The van der Waals surface area contributed by atoms with Crippen LogP contribution in [0.4, 0.5) is 0 Å². The number of Topliss-reactive ketones (excluding diaryl/α,β-unsaturated/α-hetero) is 1. The number of carbonyl (C=O) groups is 1. The lowest BCUT2D eigenvalue weighted by Gasteiger charge is -2.11. The van der Waals surface area contributed by atoms with Crippen molar-refractivity contribution >= 4 is 11.4 Å². The van der Waals surface area contributed by atoms with E-state index in [0.29, 0.717) is 0 Å². The molecule has 1 aromatic carbocycles. The van der Waals surface area contributed by atoms with Gasteiger partial charge in [-0.15, -0.1) is 0 Å². The first-order valence-corrected chi connectivity index (χ1v) is 5.91. The second kappa shape index (κ2) is 5.64. The summed E-state index contributed by atoms with van der Waals surface area (Å²) in [4.78, 5) is 11.7. The van der Waals surface area contributed by atoms with Gasteiger partial charge in [-0.3, -0.25) is 4.79 Å². The second-order valence-electron chi connectivity index (χ2n) is 4.04. The maximum atomic E-state index is 11.7. The number of benzene rings is 1. The molecule has 0 saturated heterocycles. The van der Waals surface area contributed by atoms with Crippen molar-refractivity contribution in [2.75, 3.05) is 0 Å². The molecule has 0 heterocycles. The number of carbonyl (C=O) groups excluding carboxylic acids is 1. The van der Waals surface area contributed by atoms with Gasteiger partial charge >= 0.3 is 0 Å². The molecule has 0 fully saturated rings. The summed E-state index contributed by atoms with van der Waals surface area (Å²) in [7, 11) is 0. The second-order valence-corrected chi connectivity index (χ2v) is 4.04. The Morgan fingerprint density at radius 1 is 1.25 bits per heavy atom. The van der Waals surface area contributed by atoms with Crippen LogP contribution in [0.5, 0.6) is 0 Å². The molecule has 0 aliphatic heterocycles. The van der Waals surface area contributed by atoms with Gasteiger partial charge in [0, 0.05) is 5.56 Å². The van der Waals surface area contributed by atoms with Crippen molar-refractivity contribution in [2.45, 2.75) is 40.5 Å². The average molecular weight is 216 g/mol. The highest BCUT2D eigenvalue weighted by Gasteiger charge is 2.12. The van der Waals surface area contributed by atoms with Gasteiger partial charge in [0.05, 0.1) is 0 Å². The van der Waals surface area contributed by atoms with Crippen LogP contribution in [-0.2, 0) is 6.42 Å². The lowest BCUT2D eigenvalue weighted by Crippen LogP contribution is -2.03. The van der Waals surface area contributed by atoms with E-state index in [2.05, 4.69) is 26.8 Å². The number of hydrogen-bond acceptors (Lipinski definition) is 1. The van der Waals surface area contributed by atoms with Crippen LogP contribution in [0.15, 0.2) is 24.3 Å². The number of allylic oxidation sites excluding steroid dienone is 2. The highest BCUT2D eigenvalue weighted by Crippen LogP contribution is 2.23. The molecule has 86 valence electrons. The van der Waals surface area contributed by atoms with Gasteiger partial charge in [0.25, 0.3) is 0 Å². The van der Waals surface area contributed by atoms with E-state index >= 15 is 0 Å². The Balaban J connectivity index is 3.39. The van der Waals surface area contributed by atoms with Gasteiger partial charge < -0.3 is 0 Å². The third kappa shape index (κ3) is 2.60. The standard InChI is InChI=1S/C15H20O/c1-5-8-11(3)14-10-7-9-13(6-2)15(14)12(4)16/h7-10H,5-6H2,1-4H3/b11-8-. The van der Waals surface area contributed by atoms with Gasteiger partial charge in [0.2, 0.25) is 0 Å². The fraction of sp³-hybridized carbons (Fsp3) is 0.400. The lowest BCUT2D eigenvalue weighted by atomic mass is 9.92. The van der Waals surface area contributed by atoms with E-state index in [0.717, 1.165) is 29.5 Å². The molecular formula is C15H20O. The van der Waals surface area contributed by atoms with Crippen molar-refractivity contribution in [1.82, 2.24) is 0 Å². The molecule has 0 spiro atoms. The minimum atomic E-state index is 0.163. The minimum Gasteiger partial charge on any atom is -0.294 e. The van der Waals surface area contributed by atoms with E-state index in [1.807, 2.05) is 18.2 Å². The predicted octanol–water partition coefficient (Wildman–Crippen LogP) is 4.26. The first kappa shape index (κ1) is 12.7. The molecule has 0 aliphatic carbocycles. The molecule has 1 aromatic rings. The number of rotatable bonds is 4. The molecule has 1 rings (SSSR count). The largest absolute Gasteiger partial charge is 0.294 e. The molecule has 0 atom stereocenters. The van der Waals surface area contributed by atoms with E-state index < -0.39 is 0 Å². The summed E-state index contributed by atoms with van der Waals surface area (Å²) in [5.41, 5.74) is 4.33. The van der Waals surface area contributed by atoms with E-state index in [1.54, 1.807) is 6.92 Å². The van der Waals surface area contributed by atoms with Gasteiger partial charge in [0.1, 0.15) is 0 Å². The van der Waals surface area contributed by atoms with E-state index in [1.165, 1.54) is 5.57 Å². The molecule has 0 radical (unpaired) electrons. The molecule has 0 amide bonds. The van der Waals surface area contributed by atoms with Crippen molar-refractivity contribution in [3.05, 3.63) is 41.0 Å². The Kier molecular flexibility index (Phi) is 4.48. The average Bonchev–Trinajstić information content (AvgIpc) is 2.28. The summed E-state index contributed by atoms with van der Waals surface area (Å²) >= 11 is 0. The molecule has 0 aliphatic rings. The Hall–Kier alpha value is -1.37. The van der Waals surface area contributed by atoms with Crippen LogP contribution in [0.3, 0.4) is 0 Å². The van der Waals surface area contributed by atoms with Crippen LogP contribution in [0, 0.1) is 0 Å². The summed E-state index contributed by atoms with van der Waals surface area (Å²) in [6.07, 6.45) is 4.07. The topological polar surface area (TPSA) is 17.1 Å². The number of ketones is 1. The molecule has 0 aromatic heterocycles.